The minimum Gasteiger partial charge on any atom is -0.348 e. The SMILES string of the molecule is Cc1c(CN)c2c(n1CC(C)C)CCC2. The second-order valence-electron chi connectivity index (χ2n) is 5.05. The molecular formula is C13H22N2. The standard InChI is InChI=1S/C13H22N2/c1-9(2)8-15-10(3)12(7-14)11-5-4-6-13(11)15/h9H,4-8,14H2,1-3H3. The Bertz CT molecular complexity index is 361. The zero-order valence-electron chi connectivity index (χ0n) is 10.1. The first-order valence-electron chi connectivity index (χ1n) is 6.05. The lowest BCUT2D eigenvalue weighted by Crippen LogP contribution is -2.10. The van der Waals surface area contributed by atoms with Crippen molar-refractivity contribution in [2.45, 2.75) is 53.1 Å². The van der Waals surface area contributed by atoms with Gasteiger partial charge in [-0.15, -0.1) is 0 Å². The van der Waals surface area contributed by atoms with Crippen LogP contribution in [-0.4, -0.2) is 4.57 Å². The van der Waals surface area contributed by atoms with E-state index in [1.54, 1.807) is 11.3 Å². The predicted molar refractivity (Wildman–Crippen MR) is 63.9 cm³/mol. The van der Waals surface area contributed by atoms with Crippen LogP contribution in [-0.2, 0) is 25.9 Å². The van der Waals surface area contributed by atoms with E-state index in [1.165, 1.54) is 30.5 Å². The van der Waals surface area contributed by atoms with Crippen LogP contribution in [0.15, 0.2) is 0 Å². The summed E-state index contributed by atoms with van der Waals surface area (Å²) in [7, 11) is 0. The van der Waals surface area contributed by atoms with Crippen LogP contribution >= 0.6 is 0 Å². The molecule has 0 unspecified atom stereocenters. The number of aromatic nitrogens is 1. The molecule has 1 aromatic rings. The van der Waals surface area contributed by atoms with E-state index in [-0.39, 0.29) is 0 Å². The molecule has 2 heteroatoms. The van der Waals surface area contributed by atoms with Crippen molar-refractivity contribution in [2.75, 3.05) is 0 Å². The van der Waals surface area contributed by atoms with Crippen molar-refractivity contribution in [1.29, 1.82) is 0 Å². The van der Waals surface area contributed by atoms with Crippen molar-refractivity contribution in [3.05, 3.63) is 22.5 Å². The minimum atomic E-state index is 0.708. The number of nitrogens with zero attached hydrogens (tertiary/aromatic N) is 1. The Balaban J connectivity index is 2.45. The second kappa shape index (κ2) is 4.01. The van der Waals surface area contributed by atoms with Crippen molar-refractivity contribution >= 4 is 0 Å². The van der Waals surface area contributed by atoms with Gasteiger partial charge < -0.3 is 10.3 Å². The summed E-state index contributed by atoms with van der Waals surface area (Å²) in [6.45, 7) is 8.64. The van der Waals surface area contributed by atoms with Crippen LogP contribution in [0, 0.1) is 12.8 Å². The topological polar surface area (TPSA) is 30.9 Å². The normalized spacial score (nSPS) is 15.0. The van der Waals surface area contributed by atoms with Gasteiger partial charge in [0.2, 0.25) is 0 Å². The van der Waals surface area contributed by atoms with Crippen LogP contribution in [0.25, 0.3) is 0 Å². The first-order valence-corrected chi connectivity index (χ1v) is 6.05. The van der Waals surface area contributed by atoms with Crippen LogP contribution in [0.5, 0.6) is 0 Å². The number of fused-ring (bicyclic) bond motifs is 1. The summed E-state index contributed by atoms with van der Waals surface area (Å²) in [6, 6.07) is 0. The zero-order valence-corrected chi connectivity index (χ0v) is 10.1. The quantitative estimate of drug-likeness (QED) is 0.809. The van der Waals surface area contributed by atoms with E-state index in [9.17, 15) is 0 Å². The fourth-order valence-corrected chi connectivity index (χ4v) is 2.82. The highest BCUT2D eigenvalue weighted by molar-refractivity contribution is 5.41. The molecule has 0 radical (unpaired) electrons. The predicted octanol–water partition coefficient (Wildman–Crippen LogP) is 2.40. The summed E-state index contributed by atoms with van der Waals surface area (Å²) in [5.41, 5.74) is 11.8. The maximum absolute atomic E-state index is 5.85. The van der Waals surface area contributed by atoms with Gasteiger partial charge in [-0.1, -0.05) is 13.8 Å². The smallest absolute Gasteiger partial charge is 0.0248 e. The molecule has 1 heterocycles. The molecule has 0 saturated carbocycles. The fraction of sp³-hybridized carbons (Fsp3) is 0.692. The highest BCUT2D eigenvalue weighted by Crippen LogP contribution is 2.31. The number of rotatable bonds is 3. The van der Waals surface area contributed by atoms with Crippen molar-refractivity contribution in [3.8, 4) is 0 Å². The molecule has 2 N–H and O–H groups in total. The average Bonchev–Trinajstić information content (AvgIpc) is 2.70. The molecule has 1 aliphatic carbocycles. The van der Waals surface area contributed by atoms with Gasteiger partial charge in [0.15, 0.2) is 0 Å². The van der Waals surface area contributed by atoms with Gasteiger partial charge >= 0.3 is 0 Å². The summed E-state index contributed by atoms with van der Waals surface area (Å²) in [5.74, 6) is 0.714. The molecule has 0 bridgehead atoms. The summed E-state index contributed by atoms with van der Waals surface area (Å²) in [5, 5.41) is 0. The summed E-state index contributed by atoms with van der Waals surface area (Å²) in [6.07, 6.45) is 3.81. The average molecular weight is 206 g/mol. The number of nitrogens with two attached hydrogens (primary N) is 1. The van der Waals surface area contributed by atoms with Gasteiger partial charge in [-0.25, -0.2) is 0 Å². The molecule has 0 saturated heterocycles. The van der Waals surface area contributed by atoms with Crippen LogP contribution in [0.4, 0.5) is 0 Å². The Kier molecular flexibility index (Phi) is 2.87. The molecule has 0 amide bonds. The monoisotopic (exact) mass is 206 g/mol. The Hall–Kier alpha value is -0.760. The Labute approximate surface area is 92.5 Å². The van der Waals surface area contributed by atoms with Gasteiger partial charge in [0.05, 0.1) is 0 Å². The molecule has 2 nitrogen and oxygen atoms in total. The molecule has 0 spiro atoms. The highest BCUT2D eigenvalue weighted by Gasteiger charge is 2.23. The largest absolute Gasteiger partial charge is 0.348 e. The minimum absolute atomic E-state index is 0.708. The Morgan fingerprint density at radius 2 is 2.07 bits per heavy atom. The van der Waals surface area contributed by atoms with Crippen molar-refractivity contribution in [1.82, 2.24) is 4.57 Å². The fourth-order valence-electron chi connectivity index (χ4n) is 2.82. The van der Waals surface area contributed by atoms with E-state index in [0.717, 1.165) is 6.54 Å². The first-order chi connectivity index (χ1) is 7.15. The van der Waals surface area contributed by atoms with Gasteiger partial charge in [0.1, 0.15) is 0 Å². The van der Waals surface area contributed by atoms with E-state index >= 15 is 0 Å². The van der Waals surface area contributed by atoms with Crippen LogP contribution in [0.1, 0.15) is 42.8 Å². The molecule has 0 aliphatic heterocycles. The van der Waals surface area contributed by atoms with Gasteiger partial charge in [-0.3, -0.25) is 0 Å². The van der Waals surface area contributed by atoms with Crippen molar-refractivity contribution in [2.24, 2.45) is 11.7 Å². The third kappa shape index (κ3) is 1.71. The summed E-state index contributed by atoms with van der Waals surface area (Å²) in [4.78, 5) is 0. The van der Waals surface area contributed by atoms with Crippen LogP contribution in [0.3, 0.4) is 0 Å². The van der Waals surface area contributed by atoms with Gasteiger partial charge in [-0.05, 0) is 43.2 Å². The first kappa shape index (κ1) is 10.7. The number of hydrogen-bond donors (Lipinski definition) is 1. The summed E-state index contributed by atoms with van der Waals surface area (Å²) >= 11 is 0. The molecule has 0 fully saturated rings. The molecule has 15 heavy (non-hydrogen) atoms. The lowest BCUT2D eigenvalue weighted by molar-refractivity contribution is 0.503. The molecule has 1 aromatic heterocycles. The Morgan fingerprint density at radius 3 is 2.67 bits per heavy atom. The molecule has 84 valence electrons. The van der Waals surface area contributed by atoms with Gasteiger partial charge in [0, 0.05) is 24.5 Å². The third-order valence-corrected chi connectivity index (χ3v) is 3.47. The van der Waals surface area contributed by atoms with Crippen LogP contribution in [0.2, 0.25) is 0 Å². The van der Waals surface area contributed by atoms with E-state index in [4.69, 9.17) is 5.73 Å². The van der Waals surface area contributed by atoms with Gasteiger partial charge in [0.25, 0.3) is 0 Å². The highest BCUT2D eigenvalue weighted by atomic mass is 15.0. The maximum atomic E-state index is 5.85. The summed E-state index contributed by atoms with van der Waals surface area (Å²) < 4.78 is 2.51. The zero-order chi connectivity index (χ0) is 11.0. The van der Waals surface area contributed by atoms with E-state index < -0.39 is 0 Å². The maximum Gasteiger partial charge on any atom is 0.0248 e. The molecule has 0 aromatic carbocycles. The van der Waals surface area contributed by atoms with E-state index in [2.05, 4.69) is 25.3 Å². The Morgan fingerprint density at radius 1 is 1.33 bits per heavy atom. The third-order valence-electron chi connectivity index (χ3n) is 3.47. The van der Waals surface area contributed by atoms with E-state index in [1.807, 2.05) is 0 Å². The molecular weight excluding hydrogens is 184 g/mol. The lowest BCUT2D eigenvalue weighted by Gasteiger charge is -2.13. The van der Waals surface area contributed by atoms with Crippen molar-refractivity contribution in [3.63, 3.8) is 0 Å². The van der Waals surface area contributed by atoms with Gasteiger partial charge in [-0.2, -0.15) is 0 Å². The molecule has 1 aliphatic rings. The lowest BCUT2D eigenvalue weighted by atomic mass is 10.1. The molecule has 0 atom stereocenters. The van der Waals surface area contributed by atoms with Crippen LogP contribution < -0.4 is 5.73 Å². The number of hydrogen-bond acceptors (Lipinski definition) is 1. The van der Waals surface area contributed by atoms with E-state index in [0.29, 0.717) is 12.5 Å². The van der Waals surface area contributed by atoms with Crippen molar-refractivity contribution < 1.29 is 0 Å². The second-order valence-corrected chi connectivity index (χ2v) is 5.05. The molecule has 2 rings (SSSR count).